The molecule has 0 unspecified atom stereocenters. The van der Waals surface area contributed by atoms with Crippen molar-refractivity contribution in [3.05, 3.63) is 23.8 Å². The Kier molecular flexibility index (Phi) is 11.4. The van der Waals surface area contributed by atoms with Crippen LogP contribution in [-0.4, -0.2) is 68.8 Å². The van der Waals surface area contributed by atoms with E-state index in [4.69, 9.17) is 26.4 Å². The SMILES string of the molecule is CCCOc1ccc(/C=N\NC(=S)NCCCN2CCOCC2)c(OCCC)c1. The predicted molar refractivity (Wildman–Crippen MR) is 121 cm³/mol. The van der Waals surface area contributed by atoms with Crippen LogP contribution in [0.5, 0.6) is 11.5 Å². The summed E-state index contributed by atoms with van der Waals surface area (Å²) in [6.45, 7) is 11.0. The Morgan fingerprint density at radius 1 is 1.21 bits per heavy atom. The molecule has 0 aliphatic carbocycles. The van der Waals surface area contributed by atoms with Crippen molar-refractivity contribution in [2.45, 2.75) is 33.1 Å². The van der Waals surface area contributed by atoms with Crippen molar-refractivity contribution >= 4 is 23.5 Å². The fourth-order valence-electron chi connectivity index (χ4n) is 2.80. The lowest BCUT2D eigenvalue weighted by Gasteiger charge is -2.26. The van der Waals surface area contributed by atoms with Crippen molar-refractivity contribution in [2.75, 3.05) is 52.6 Å². The molecular formula is C21H34N4O3S. The van der Waals surface area contributed by atoms with E-state index in [0.29, 0.717) is 18.3 Å². The molecule has 7 nitrogen and oxygen atoms in total. The van der Waals surface area contributed by atoms with Gasteiger partial charge in [-0.05, 0) is 50.2 Å². The monoisotopic (exact) mass is 422 g/mol. The van der Waals surface area contributed by atoms with E-state index in [1.165, 1.54) is 0 Å². The van der Waals surface area contributed by atoms with Crippen molar-refractivity contribution in [2.24, 2.45) is 5.10 Å². The number of nitrogens with zero attached hydrogens (tertiary/aromatic N) is 2. The highest BCUT2D eigenvalue weighted by Crippen LogP contribution is 2.24. The van der Waals surface area contributed by atoms with E-state index in [0.717, 1.165) is 75.7 Å². The van der Waals surface area contributed by atoms with Gasteiger partial charge in [-0.15, -0.1) is 0 Å². The molecular weight excluding hydrogens is 388 g/mol. The van der Waals surface area contributed by atoms with Crippen molar-refractivity contribution in [3.8, 4) is 11.5 Å². The van der Waals surface area contributed by atoms with Crippen molar-refractivity contribution in [1.29, 1.82) is 0 Å². The second-order valence-electron chi connectivity index (χ2n) is 6.83. The van der Waals surface area contributed by atoms with Crippen LogP contribution in [-0.2, 0) is 4.74 Å². The minimum absolute atomic E-state index is 0.516. The van der Waals surface area contributed by atoms with Crippen LogP contribution in [0.25, 0.3) is 0 Å². The van der Waals surface area contributed by atoms with Crippen molar-refractivity contribution < 1.29 is 14.2 Å². The highest BCUT2D eigenvalue weighted by atomic mass is 32.1. The lowest BCUT2D eigenvalue weighted by molar-refractivity contribution is 0.0376. The summed E-state index contributed by atoms with van der Waals surface area (Å²) in [6, 6.07) is 5.78. The van der Waals surface area contributed by atoms with Gasteiger partial charge in [-0.2, -0.15) is 5.10 Å². The third kappa shape index (κ3) is 9.43. The maximum Gasteiger partial charge on any atom is 0.186 e. The summed E-state index contributed by atoms with van der Waals surface area (Å²) >= 11 is 5.29. The number of thiocarbonyl (C=S) groups is 1. The van der Waals surface area contributed by atoms with E-state index < -0.39 is 0 Å². The molecule has 1 aromatic carbocycles. The largest absolute Gasteiger partial charge is 0.493 e. The molecule has 162 valence electrons. The van der Waals surface area contributed by atoms with Crippen LogP contribution in [0.15, 0.2) is 23.3 Å². The Hall–Kier alpha value is -1.90. The van der Waals surface area contributed by atoms with E-state index in [-0.39, 0.29) is 0 Å². The standard InChI is InChI=1S/C21H34N4O3S/c1-3-12-27-19-7-6-18(20(16-19)28-13-4-2)17-23-24-21(29)22-8-5-9-25-10-14-26-15-11-25/h6-7,16-17H,3-5,8-15H2,1-2H3,(H2,22,24,29)/b23-17-. The topological polar surface area (TPSA) is 67.4 Å². The maximum absolute atomic E-state index is 5.84. The van der Waals surface area contributed by atoms with Gasteiger partial charge in [0.2, 0.25) is 0 Å². The minimum Gasteiger partial charge on any atom is -0.493 e. The number of ether oxygens (including phenoxy) is 3. The zero-order valence-electron chi connectivity index (χ0n) is 17.6. The summed E-state index contributed by atoms with van der Waals surface area (Å²) in [6.07, 6.45) is 4.65. The normalized spacial score (nSPS) is 14.7. The molecule has 1 aliphatic heterocycles. The quantitative estimate of drug-likeness (QED) is 0.232. The second kappa shape index (κ2) is 14.1. The number of hydrazone groups is 1. The fourth-order valence-corrected chi connectivity index (χ4v) is 2.95. The van der Waals surface area contributed by atoms with Crippen molar-refractivity contribution in [1.82, 2.24) is 15.6 Å². The lowest BCUT2D eigenvalue weighted by Crippen LogP contribution is -2.39. The molecule has 8 heteroatoms. The van der Waals surface area contributed by atoms with Crippen molar-refractivity contribution in [3.63, 3.8) is 0 Å². The summed E-state index contributed by atoms with van der Waals surface area (Å²) in [5, 5.41) is 7.95. The fraction of sp³-hybridized carbons (Fsp3) is 0.619. The van der Waals surface area contributed by atoms with Crippen LogP contribution in [0.3, 0.4) is 0 Å². The van der Waals surface area contributed by atoms with Crippen LogP contribution in [0.4, 0.5) is 0 Å². The van der Waals surface area contributed by atoms with Gasteiger partial charge < -0.3 is 19.5 Å². The first-order valence-corrected chi connectivity index (χ1v) is 10.9. The van der Waals surface area contributed by atoms with E-state index in [1.54, 1.807) is 6.21 Å². The number of nitrogens with one attached hydrogen (secondary N) is 2. The van der Waals surface area contributed by atoms with Gasteiger partial charge in [0, 0.05) is 31.3 Å². The highest BCUT2D eigenvalue weighted by Gasteiger charge is 2.09. The number of benzene rings is 1. The minimum atomic E-state index is 0.516. The van der Waals surface area contributed by atoms with E-state index in [9.17, 15) is 0 Å². The Morgan fingerprint density at radius 2 is 1.97 bits per heavy atom. The molecule has 1 aromatic rings. The molecule has 1 heterocycles. The van der Waals surface area contributed by atoms with Gasteiger partial charge in [0.25, 0.3) is 0 Å². The summed E-state index contributed by atoms with van der Waals surface area (Å²) in [4.78, 5) is 2.41. The van der Waals surface area contributed by atoms with E-state index >= 15 is 0 Å². The Balaban J connectivity index is 1.75. The molecule has 0 atom stereocenters. The van der Waals surface area contributed by atoms with E-state index in [1.807, 2.05) is 18.2 Å². The summed E-state index contributed by atoms with van der Waals surface area (Å²) < 4.78 is 16.9. The molecule has 2 N–H and O–H groups in total. The molecule has 0 bridgehead atoms. The smallest absolute Gasteiger partial charge is 0.186 e. The average Bonchev–Trinajstić information content (AvgIpc) is 2.75. The summed E-state index contributed by atoms with van der Waals surface area (Å²) in [5.74, 6) is 1.57. The second-order valence-corrected chi connectivity index (χ2v) is 7.24. The third-order valence-corrected chi connectivity index (χ3v) is 4.57. The van der Waals surface area contributed by atoms with Gasteiger partial charge in [-0.25, -0.2) is 0 Å². The first-order chi connectivity index (χ1) is 14.2. The van der Waals surface area contributed by atoms with Gasteiger partial charge >= 0.3 is 0 Å². The van der Waals surface area contributed by atoms with Gasteiger partial charge in [-0.3, -0.25) is 10.3 Å². The zero-order valence-corrected chi connectivity index (χ0v) is 18.4. The molecule has 0 radical (unpaired) electrons. The number of morpholine rings is 1. The highest BCUT2D eigenvalue weighted by molar-refractivity contribution is 7.80. The number of hydrogen-bond acceptors (Lipinski definition) is 6. The zero-order chi connectivity index (χ0) is 20.7. The van der Waals surface area contributed by atoms with Crippen LogP contribution in [0, 0.1) is 0 Å². The Morgan fingerprint density at radius 3 is 2.72 bits per heavy atom. The molecule has 1 fully saturated rings. The summed E-state index contributed by atoms with van der Waals surface area (Å²) in [5.41, 5.74) is 3.75. The van der Waals surface area contributed by atoms with Crippen LogP contribution < -0.4 is 20.2 Å². The van der Waals surface area contributed by atoms with E-state index in [2.05, 4.69) is 34.6 Å². The molecule has 1 saturated heterocycles. The van der Waals surface area contributed by atoms with Crippen LogP contribution in [0.1, 0.15) is 38.7 Å². The van der Waals surface area contributed by atoms with Gasteiger partial charge in [0.1, 0.15) is 11.5 Å². The predicted octanol–water partition coefficient (Wildman–Crippen LogP) is 2.78. The van der Waals surface area contributed by atoms with Gasteiger partial charge in [0.05, 0.1) is 32.6 Å². The molecule has 1 aliphatic rings. The van der Waals surface area contributed by atoms with Crippen LogP contribution >= 0.6 is 12.2 Å². The molecule has 0 saturated carbocycles. The first-order valence-electron chi connectivity index (χ1n) is 10.5. The molecule has 0 spiro atoms. The molecule has 0 aromatic heterocycles. The third-order valence-electron chi connectivity index (χ3n) is 4.33. The maximum atomic E-state index is 5.84. The number of rotatable bonds is 12. The van der Waals surface area contributed by atoms with Gasteiger partial charge in [0.15, 0.2) is 5.11 Å². The Bertz CT molecular complexity index is 636. The molecule has 29 heavy (non-hydrogen) atoms. The first kappa shape index (κ1) is 23.4. The van der Waals surface area contributed by atoms with Gasteiger partial charge in [-0.1, -0.05) is 13.8 Å². The Labute approximate surface area is 179 Å². The summed E-state index contributed by atoms with van der Waals surface area (Å²) in [7, 11) is 0. The number of hydrogen-bond donors (Lipinski definition) is 2. The average molecular weight is 423 g/mol. The molecule has 0 amide bonds. The van der Waals surface area contributed by atoms with Crippen LogP contribution in [0.2, 0.25) is 0 Å². The lowest BCUT2D eigenvalue weighted by atomic mass is 10.2. The molecule has 2 rings (SSSR count).